The molecule has 1 saturated carbocycles. The lowest BCUT2D eigenvalue weighted by Crippen LogP contribution is -2.25. The molecule has 0 aliphatic heterocycles. The van der Waals surface area contributed by atoms with E-state index in [2.05, 4.69) is 20.4 Å². The second-order valence-electron chi connectivity index (χ2n) is 5.00. The van der Waals surface area contributed by atoms with E-state index in [4.69, 9.17) is 4.52 Å². The SMILES string of the molecule is Cc1nc(Cc2noc(CNC3CCCC3)n2)cs1. The smallest absolute Gasteiger partial charge is 0.240 e. The third-order valence-corrected chi connectivity index (χ3v) is 4.24. The maximum absolute atomic E-state index is 5.26. The third-order valence-electron chi connectivity index (χ3n) is 3.41. The van der Waals surface area contributed by atoms with Gasteiger partial charge in [0.2, 0.25) is 5.89 Å². The molecule has 5 nitrogen and oxygen atoms in total. The van der Waals surface area contributed by atoms with E-state index in [1.54, 1.807) is 11.3 Å². The Morgan fingerprint density at radius 3 is 2.95 bits per heavy atom. The molecule has 0 spiro atoms. The third kappa shape index (κ3) is 3.39. The molecule has 0 unspecified atom stereocenters. The Labute approximate surface area is 116 Å². The van der Waals surface area contributed by atoms with Gasteiger partial charge in [0.25, 0.3) is 0 Å². The fourth-order valence-corrected chi connectivity index (χ4v) is 3.06. The number of nitrogens with zero attached hydrogens (tertiary/aromatic N) is 3. The van der Waals surface area contributed by atoms with E-state index in [0.29, 0.717) is 30.7 Å². The lowest BCUT2D eigenvalue weighted by Gasteiger charge is -2.08. The van der Waals surface area contributed by atoms with Crippen LogP contribution in [0.4, 0.5) is 0 Å². The van der Waals surface area contributed by atoms with Crippen molar-refractivity contribution in [1.82, 2.24) is 20.4 Å². The summed E-state index contributed by atoms with van der Waals surface area (Å²) in [6, 6.07) is 0.622. The van der Waals surface area contributed by atoms with Gasteiger partial charge >= 0.3 is 0 Å². The van der Waals surface area contributed by atoms with E-state index in [0.717, 1.165) is 10.7 Å². The number of rotatable bonds is 5. The van der Waals surface area contributed by atoms with Gasteiger partial charge in [0.05, 0.1) is 23.7 Å². The summed E-state index contributed by atoms with van der Waals surface area (Å²) in [5.41, 5.74) is 1.01. The van der Waals surface area contributed by atoms with E-state index in [9.17, 15) is 0 Å². The molecule has 1 fully saturated rings. The molecular formula is C13H18N4OS. The number of aryl methyl sites for hydroxylation is 1. The predicted molar refractivity (Wildman–Crippen MR) is 73.1 cm³/mol. The van der Waals surface area contributed by atoms with Gasteiger partial charge in [-0.05, 0) is 19.8 Å². The minimum atomic E-state index is 0.622. The fraction of sp³-hybridized carbons (Fsp3) is 0.615. The topological polar surface area (TPSA) is 63.8 Å². The first-order valence-corrected chi connectivity index (χ1v) is 7.63. The first kappa shape index (κ1) is 12.7. The van der Waals surface area contributed by atoms with Crippen molar-refractivity contribution in [2.24, 2.45) is 0 Å². The predicted octanol–water partition coefficient (Wildman–Crippen LogP) is 2.46. The fourth-order valence-electron chi connectivity index (χ4n) is 2.45. The molecule has 0 radical (unpaired) electrons. The molecule has 102 valence electrons. The van der Waals surface area contributed by atoms with E-state index >= 15 is 0 Å². The van der Waals surface area contributed by atoms with Gasteiger partial charge in [-0.25, -0.2) is 4.98 Å². The Hall–Kier alpha value is -1.27. The van der Waals surface area contributed by atoms with Crippen LogP contribution in [0.5, 0.6) is 0 Å². The molecule has 1 aliphatic carbocycles. The molecule has 2 aromatic heterocycles. The van der Waals surface area contributed by atoms with Crippen LogP contribution in [0.25, 0.3) is 0 Å². The van der Waals surface area contributed by atoms with Gasteiger partial charge in [-0.2, -0.15) is 4.98 Å². The van der Waals surface area contributed by atoms with Crippen molar-refractivity contribution < 1.29 is 4.52 Å². The molecule has 2 heterocycles. The maximum Gasteiger partial charge on any atom is 0.240 e. The van der Waals surface area contributed by atoms with Crippen LogP contribution >= 0.6 is 11.3 Å². The maximum atomic E-state index is 5.26. The minimum absolute atomic E-state index is 0.622. The van der Waals surface area contributed by atoms with Crippen molar-refractivity contribution in [3.63, 3.8) is 0 Å². The van der Waals surface area contributed by atoms with Gasteiger partial charge in [0, 0.05) is 11.4 Å². The summed E-state index contributed by atoms with van der Waals surface area (Å²) in [6.07, 6.45) is 5.83. The molecule has 6 heteroatoms. The highest BCUT2D eigenvalue weighted by Crippen LogP contribution is 2.18. The second-order valence-corrected chi connectivity index (χ2v) is 6.06. The van der Waals surface area contributed by atoms with Crippen molar-refractivity contribution in [3.8, 4) is 0 Å². The van der Waals surface area contributed by atoms with E-state index in [1.807, 2.05) is 12.3 Å². The van der Waals surface area contributed by atoms with Crippen LogP contribution in [0, 0.1) is 6.92 Å². The van der Waals surface area contributed by atoms with E-state index in [-0.39, 0.29) is 0 Å². The lowest BCUT2D eigenvalue weighted by atomic mass is 10.2. The Balaban J connectivity index is 1.53. The molecule has 0 aromatic carbocycles. The van der Waals surface area contributed by atoms with E-state index < -0.39 is 0 Å². The molecule has 0 atom stereocenters. The lowest BCUT2D eigenvalue weighted by molar-refractivity contribution is 0.353. The average molecular weight is 278 g/mol. The van der Waals surface area contributed by atoms with Gasteiger partial charge in [-0.15, -0.1) is 11.3 Å². The molecule has 19 heavy (non-hydrogen) atoms. The molecular weight excluding hydrogens is 260 g/mol. The van der Waals surface area contributed by atoms with Crippen LogP contribution < -0.4 is 5.32 Å². The summed E-state index contributed by atoms with van der Waals surface area (Å²) in [5.74, 6) is 1.39. The van der Waals surface area contributed by atoms with Gasteiger partial charge in [-0.3, -0.25) is 0 Å². The molecule has 3 rings (SSSR count). The average Bonchev–Trinajstić information content (AvgIpc) is 3.10. The Morgan fingerprint density at radius 2 is 2.21 bits per heavy atom. The monoisotopic (exact) mass is 278 g/mol. The van der Waals surface area contributed by atoms with Crippen LogP contribution in [-0.4, -0.2) is 21.2 Å². The first-order valence-electron chi connectivity index (χ1n) is 6.75. The normalized spacial score (nSPS) is 16.3. The van der Waals surface area contributed by atoms with Gasteiger partial charge in [0.1, 0.15) is 0 Å². The van der Waals surface area contributed by atoms with Crippen LogP contribution in [-0.2, 0) is 13.0 Å². The van der Waals surface area contributed by atoms with E-state index in [1.165, 1.54) is 25.7 Å². The second kappa shape index (κ2) is 5.79. The Bertz CT molecular complexity index is 530. The van der Waals surface area contributed by atoms with Crippen LogP contribution in [0.15, 0.2) is 9.90 Å². The summed E-state index contributed by atoms with van der Waals surface area (Å²) in [4.78, 5) is 8.81. The van der Waals surface area contributed by atoms with Crippen molar-refractivity contribution in [3.05, 3.63) is 27.8 Å². The molecule has 1 N–H and O–H groups in total. The zero-order valence-electron chi connectivity index (χ0n) is 11.1. The molecule has 1 aliphatic rings. The first-order chi connectivity index (χ1) is 9.29. The molecule has 0 bridgehead atoms. The number of nitrogens with one attached hydrogen (secondary N) is 1. The summed E-state index contributed by atoms with van der Waals surface area (Å²) >= 11 is 1.65. The van der Waals surface area contributed by atoms with Gasteiger partial charge in [-0.1, -0.05) is 18.0 Å². The zero-order chi connectivity index (χ0) is 13.1. The van der Waals surface area contributed by atoms with Crippen LogP contribution in [0.2, 0.25) is 0 Å². The Morgan fingerprint density at radius 1 is 1.37 bits per heavy atom. The molecule has 0 amide bonds. The summed E-state index contributed by atoms with van der Waals surface area (Å²) in [5, 5.41) is 10.6. The largest absolute Gasteiger partial charge is 0.338 e. The molecule has 2 aromatic rings. The number of hydrogen-bond donors (Lipinski definition) is 1. The summed E-state index contributed by atoms with van der Waals surface area (Å²) in [7, 11) is 0. The number of hydrogen-bond acceptors (Lipinski definition) is 6. The highest BCUT2D eigenvalue weighted by Gasteiger charge is 2.15. The minimum Gasteiger partial charge on any atom is -0.338 e. The van der Waals surface area contributed by atoms with Crippen LogP contribution in [0.3, 0.4) is 0 Å². The van der Waals surface area contributed by atoms with Gasteiger partial charge < -0.3 is 9.84 Å². The summed E-state index contributed by atoms with van der Waals surface area (Å²) < 4.78 is 5.26. The Kier molecular flexibility index (Phi) is 3.89. The van der Waals surface area contributed by atoms with Crippen LogP contribution in [0.1, 0.15) is 48.1 Å². The van der Waals surface area contributed by atoms with Crippen molar-refractivity contribution in [2.45, 2.75) is 51.6 Å². The highest BCUT2D eigenvalue weighted by molar-refractivity contribution is 7.09. The van der Waals surface area contributed by atoms with Gasteiger partial charge in [0.15, 0.2) is 5.82 Å². The highest BCUT2D eigenvalue weighted by atomic mass is 32.1. The molecule has 0 saturated heterocycles. The summed E-state index contributed by atoms with van der Waals surface area (Å²) in [6.45, 7) is 2.68. The zero-order valence-corrected chi connectivity index (χ0v) is 11.9. The van der Waals surface area contributed by atoms with Crippen molar-refractivity contribution in [1.29, 1.82) is 0 Å². The quantitative estimate of drug-likeness (QED) is 0.910. The number of thiazole rings is 1. The van der Waals surface area contributed by atoms with Crippen molar-refractivity contribution in [2.75, 3.05) is 0 Å². The standard InChI is InChI=1S/C13H18N4OS/c1-9-15-11(8-19-9)6-12-16-13(18-17-12)7-14-10-4-2-3-5-10/h8,10,14H,2-7H2,1H3. The van der Waals surface area contributed by atoms with Crippen molar-refractivity contribution >= 4 is 11.3 Å². The number of aromatic nitrogens is 3.